The van der Waals surface area contributed by atoms with Crippen molar-refractivity contribution in [3.05, 3.63) is 94.5 Å². The molecule has 1 aliphatic rings. The number of hydrogen-bond donors (Lipinski definition) is 0. The van der Waals surface area contributed by atoms with Crippen LogP contribution in [-0.2, 0) is 12.8 Å². The SMILES string of the molecule is CCCCc1ccc(C(=O)Cc2ccc(C)c(C(=O)N3CCN(c4ccccc4OC)CC3)c2)cc1. The van der Waals surface area contributed by atoms with Crippen molar-refractivity contribution in [1.29, 1.82) is 0 Å². The lowest BCUT2D eigenvalue weighted by Crippen LogP contribution is -2.49. The van der Waals surface area contributed by atoms with E-state index in [1.807, 2.05) is 60.4 Å². The van der Waals surface area contributed by atoms with Gasteiger partial charge in [0.25, 0.3) is 5.91 Å². The van der Waals surface area contributed by atoms with E-state index in [-0.39, 0.29) is 18.1 Å². The molecule has 36 heavy (non-hydrogen) atoms. The number of benzene rings is 3. The maximum Gasteiger partial charge on any atom is 0.254 e. The molecule has 0 aromatic heterocycles. The highest BCUT2D eigenvalue weighted by molar-refractivity contribution is 5.99. The van der Waals surface area contributed by atoms with Crippen molar-refractivity contribution in [2.75, 3.05) is 38.2 Å². The van der Waals surface area contributed by atoms with Gasteiger partial charge in [-0.15, -0.1) is 0 Å². The van der Waals surface area contributed by atoms with Gasteiger partial charge in [0.15, 0.2) is 5.78 Å². The number of methoxy groups -OCH3 is 1. The molecule has 0 N–H and O–H groups in total. The van der Waals surface area contributed by atoms with E-state index in [0.717, 1.165) is 60.5 Å². The summed E-state index contributed by atoms with van der Waals surface area (Å²) in [5, 5.41) is 0. The Morgan fingerprint density at radius 1 is 0.889 bits per heavy atom. The Morgan fingerprint density at radius 3 is 2.28 bits per heavy atom. The van der Waals surface area contributed by atoms with Gasteiger partial charge in [-0.05, 0) is 54.7 Å². The summed E-state index contributed by atoms with van der Waals surface area (Å²) in [6.07, 6.45) is 3.65. The molecule has 4 rings (SSSR count). The number of piperazine rings is 1. The topological polar surface area (TPSA) is 49.9 Å². The van der Waals surface area contributed by atoms with Gasteiger partial charge in [-0.3, -0.25) is 9.59 Å². The van der Waals surface area contributed by atoms with Crippen LogP contribution < -0.4 is 9.64 Å². The number of Topliss-reactive ketones (excluding diaryl/α,β-unsaturated/α-hetero) is 1. The first-order valence-electron chi connectivity index (χ1n) is 12.9. The van der Waals surface area contributed by atoms with Crippen LogP contribution in [0, 0.1) is 6.92 Å². The van der Waals surface area contributed by atoms with Gasteiger partial charge in [0.2, 0.25) is 0 Å². The average Bonchev–Trinajstić information content (AvgIpc) is 2.93. The lowest BCUT2D eigenvalue weighted by Gasteiger charge is -2.36. The molecule has 3 aromatic rings. The molecule has 5 heteroatoms. The Labute approximate surface area is 214 Å². The molecule has 1 saturated heterocycles. The van der Waals surface area contributed by atoms with Gasteiger partial charge < -0.3 is 14.5 Å². The van der Waals surface area contributed by atoms with Crippen LogP contribution in [0.2, 0.25) is 0 Å². The zero-order valence-electron chi connectivity index (χ0n) is 21.6. The number of aryl methyl sites for hydroxylation is 2. The Hall–Kier alpha value is -3.60. The Bertz CT molecular complexity index is 1190. The van der Waals surface area contributed by atoms with Crippen molar-refractivity contribution in [1.82, 2.24) is 4.90 Å². The first kappa shape index (κ1) is 25.5. The third kappa shape index (κ3) is 5.96. The minimum Gasteiger partial charge on any atom is -0.495 e. The number of carbonyl (C=O) groups is 2. The highest BCUT2D eigenvalue weighted by Gasteiger charge is 2.25. The Morgan fingerprint density at radius 2 is 1.58 bits per heavy atom. The summed E-state index contributed by atoms with van der Waals surface area (Å²) in [6, 6.07) is 21.8. The molecule has 0 atom stereocenters. The summed E-state index contributed by atoms with van der Waals surface area (Å²) in [5.41, 5.74) is 5.53. The molecular weight excluding hydrogens is 448 g/mol. The minimum absolute atomic E-state index is 0.0294. The van der Waals surface area contributed by atoms with Gasteiger partial charge in [0.05, 0.1) is 12.8 Å². The van der Waals surface area contributed by atoms with Crippen LogP contribution in [0.4, 0.5) is 5.69 Å². The standard InChI is InChI=1S/C31H36N2O3/c1-4-5-8-24-13-15-26(16-14-24)29(34)22-25-12-11-23(2)27(21-25)31(35)33-19-17-32(18-20-33)28-9-6-7-10-30(28)36-3/h6-7,9-16,21H,4-5,8,17-20,22H2,1-3H3. The van der Waals surface area contributed by atoms with Crippen LogP contribution in [0.3, 0.4) is 0 Å². The van der Waals surface area contributed by atoms with Crippen molar-refractivity contribution in [3.8, 4) is 5.75 Å². The predicted molar refractivity (Wildman–Crippen MR) is 145 cm³/mol. The first-order valence-corrected chi connectivity index (χ1v) is 12.9. The second-order valence-corrected chi connectivity index (χ2v) is 9.50. The normalized spacial score (nSPS) is 13.5. The number of carbonyl (C=O) groups excluding carboxylic acids is 2. The molecule has 188 valence electrons. The maximum atomic E-state index is 13.4. The van der Waals surface area contributed by atoms with Crippen molar-refractivity contribution in [2.45, 2.75) is 39.5 Å². The van der Waals surface area contributed by atoms with Gasteiger partial charge in [-0.25, -0.2) is 0 Å². The monoisotopic (exact) mass is 484 g/mol. The van der Waals surface area contributed by atoms with Crippen molar-refractivity contribution >= 4 is 17.4 Å². The molecule has 0 bridgehead atoms. The molecule has 1 amide bonds. The number of para-hydroxylation sites is 2. The van der Waals surface area contributed by atoms with Gasteiger partial charge >= 0.3 is 0 Å². The zero-order valence-corrected chi connectivity index (χ0v) is 21.6. The molecule has 0 unspecified atom stereocenters. The summed E-state index contributed by atoms with van der Waals surface area (Å²) in [6.45, 7) is 6.92. The van der Waals surface area contributed by atoms with E-state index < -0.39 is 0 Å². The number of hydrogen-bond acceptors (Lipinski definition) is 4. The fraction of sp³-hybridized carbons (Fsp3) is 0.355. The highest BCUT2D eigenvalue weighted by atomic mass is 16.5. The summed E-state index contributed by atoms with van der Waals surface area (Å²) in [5.74, 6) is 0.951. The van der Waals surface area contributed by atoms with Crippen LogP contribution in [0.1, 0.15) is 57.2 Å². The van der Waals surface area contributed by atoms with E-state index in [0.29, 0.717) is 18.7 Å². The number of nitrogens with zero attached hydrogens (tertiary/aromatic N) is 2. The van der Waals surface area contributed by atoms with Crippen LogP contribution >= 0.6 is 0 Å². The molecule has 0 spiro atoms. The summed E-state index contributed by atoms with van der Waals surface area (Å²) in [4.78, 5) is 30.5. The average molecular weight is 485 g/mol. The number of ether oxygens (including phenoxy) is 1. The van der Waals surface area contributed by atoms with Crippen LogP contribution in [0.25, 0.3) is 0 Å². The first-order chi connectivity index (χ1) is 17.5. The smallest absolute Gasteiger partial charge is 0.254 e. The number of ketones is 1. The Balaban J connectivity index is 1.40. The molecule has 1 heterocycles. The largest absolute Gasteiger partial charge is 0.495 e. The molecule has 1 fully saturated rings. The van der Waals surface area contributed by atoms with E-state index >= 15 is 0 Å². The number of anilines is 1. The maximum absolute atomic E-state index is 13.4. The third-order valence-electron chi connectivity index (χ3n) is 6.98. The fourth-order valence-electron chi connectivity index (χ4n) is 4.75. The minimum atomic E-state index is 0.0294. The van der Waals surface area contributed by atoms with Gasteiger partial charge in [-0.2, -0.15) is 0 Å². The van der Waals surface area contributed by atoms with Crippen LogP contribution in [0.5, 0.6) is 5.75 Å². The van der Waals surface area contributed by atoms with E-state index in [1.165, 1.54) is 5.56 Å². The second-order valence-electron chi connectivity index (χ2n) is 9.50. The lowest BCUT2D eigenvalue weighted by molar-refractivity contribution is 0.0745. The van der Waals surface area contributed by atoms with Gasteiger partial charge in [-0.1, -0.05) is 61.9 Å². The quantitative estimate of drug-likeness (QED) is 0.364. The van der Waals surface area contributed by atoms with Crippen LogP contribution in [0.15, 0.2) is 66.7 Å². The second kappa shape index (κ2) is 11.9. The van der Waals surface area contributed by atoms with Gasteiger partial charge in [0.1, 0.15) is 5.75 Å². The summed E-state index contributed by atoms with van der Waals surface area (Å²) in [7, 11) is 1.68. The van der Waals surface area contributed by atoms with E-state index in [9.17, 15) is 9.59 Å². The highest BCUT2D eigenvalue weighted by Crippen LogP contribution is 2.28. The van der Waals surface area contributed by atoms with Crippen molar-refractivity contribution in [2.24, 2.45) is 0 Å². The van der Waals surface area contributed by atoms with E-state index in [1.54, 1.807) is 7.11 Å². The molecular formula is C31H36N2O3. The molecule has 0 saturated carbocycles. The molecule has 5 nitrogen and oxygen atoms in total. The zero-order chi connectivity index (χ0) is 25.5. The van der Waals surface area contributed by atoms with Crippen molar-refractivity contribution in [3.63, 3.8) is 0 Å². The van der Waals surface area contributed by atoms with E-state index in [2.05, 4.69) is 30.0 Å². The van der Waals surface area contributed by atoms with E-state index in [4.69, 9.17) is 4.74 Å². The van der Waals surface area contributed by atoms with Crippen molar-refractivity contribution < 1.29 is 14.3 Å². The fourth-order valence-corrected chi connectivity index (χ4v) is 4.75. The van der Waals surface area contributed by atoms with Crippen LogP contribution in [-0.4, -0.2) is 49.9 Å². The lowest BCUT2D eigenvalue weighted by atomic mass is 9.97. The molecule has 3 aromatic carbocycles. The predicted octanol–water partition coefficient (Wildman–Crippen LogP) is 5.73. The third-order valence-corrected chi connectivity index (χ3v) is 6.98. The number of rotatable bonds is 9. The summed E-state index contributed by atoms with van der Waals surface area (Å²) >= 11 is 0. The number of unbranched alkanes of at least 4 members (excludes halogenated alkanes) is 1. The molecule has 0 aliphatic carbocycles. The molecule has 1 aliphatic heterocycles. The summed E-state index contributed by atoms with van der Waals surface area (Å²) < 4.78 is 5.51. The van der Waals surface area contributed by atoms with Gasteiger partial charge in [0, 0.05) is 43.7 Å². The number of amides is 1. The molecule has 0 radical (unpaired) electrons. The Kier molecular flexibility index (Phi) is 8.42.